The van der Waals surface area contributed by atoms with Gasteiger partial charge in [-0.1, -0.05) is 57.9 Å². The molecule has 156 valence electrons. The Morgan fingerprint density at radius 1 is 0.852 bits per heavy atom. The van der Waals surface area contributed by atoms with Gasteiger partial charge in [0.2, 0.25) is 0 Å². The van der Waals surface area contributed by atoms with Crippen LogP contribution in [0.1, 0.15) is 97.5 Å². The molecule has 0 aliphatic heterocycles. The van der Waals surface area contributed by atoms with Crippen molar-refractivity contribution in [3.05, 3.63) is 35.4 Å². The second kappa shape index (κ2) is 13.3. The summed E-state index contributed by atoms with van der Waals surface area (Å²) in [4.78, 5) is 0. The Hall–Kier alpha value is -0.960. The summed E-state index contributed by atoms with van der Waals surface area (Å²) in [5.74, 6) is -0.962. The average molecular weight is 383 g/mol. The molecule has 0 N–H and O–H groups in total. The van der Waals surface area contributed by atoms with E-state index in [0.717, 1.165) is 37.9 Å². The van der Waals surface area contributed by atoms with Crippen LogP contribution in [0.15, 0.2) is 18.2 Å². The molecule has 1 atom stereocenters. The molecule has 1 aromatic rings. The number of rotatable bonds is 15. The second-order valence-corrected chi connectivity index (χ2v) is 8.28. The van der Waals surface area contributed by atoms with E-state index in [0.29, 0.717) is 5.92 Å². The van der Waals surface area contributed by atoms with Crippen molar-refractivity contribution in [3.8, 4) is 0 Å². The number of hydrogen-bond donors (Lipinski definition) is 0. The Bertz CT molecular complexity index is 513. The van der Waals surface area contributed by atoms with Crippen LogP contribution in [-0.2, 0) is 11.2 Å². The van der Waals surface area contributed by atoms with Crippen molar-refractivity contribution >= 4 is 0 Å². The zero-order valence-electron chi connectivity index (χ0n) is 18.0. The minimum Gasteiger partial charge on any atom is -0.376 e. The highest BCUT2D eigenvalue weighted by Crippen LogP contribution is 2.31. The first-order valence-corrected chi connectivity index (χ1v) is 11.0. The fourth-order valence-electron chi connectivity index (χ4n) is 3.92. The van der Waals surface area contributed by atoms with Crippen molar-refractivity contribution < 1.29 is 13.5 Å². The molecule has 0 saturated carbocycles. The molecule has 0 aromatic heterocycles. The van der Waals surface area contributed by atoms with Crippen LogP contribution in [0, 0.1) is 17.6 Å². The lowest BCUT2D eigenvalue weighted by atomic mass is 9.82. The SMILES string of the molecule is CCCCCCCCC(CCCCc1ccc(F)c(F)c1)C(C)(C)OCC. The van der Waals surface area contributed by atoms with Gasteiger partial charge in [0.15, 0.2) is 11.6 Å². The zero-order chi connectivity index (χ0) is 20.1. The number of unbranched alkanes of at least 4 members (excludes halogenated alkanes) is 6. The van der Waals surface area contributed by atoms with E-state index in [4.69, 9.17) is 4.74 Å². The molecule has 1 nitrogen and oxygen atoms in total. The van der Waals surface area contributed by atoms with Crippen molar-refractivity contribution in [2.24, 2.45) is 5.92 Å². The molecule has 0 saturated heterocycles. The summed E-state index contributed by atoms with van der Waals surface area (Å²) >= 11 is 0. The van der Waals surface area contributed by atoms with E-state index in [1.54, 1.807) is 6.07 Å². The van der Waals surface area contributed by atoms with Crippen molar-refractivity contribution in [3.63, 3.8) is 0 Å². The lowest BCUT2D eigenvalue weighted by Gasteiger charge is -2.34. The highest BCUT2D eigenvalue weighted by molar-refractivity contribution is 5.17. The zero-order valence-corrected chi connectivity index (χ0v) is 18.0. The summed E-state index contributed by atoms with van der Waals surface area (Å²) in [6, 6.07) is 4.24. The molecule has 0 fully saturated rings. The van der Waals surface area contributed by atoms with Gasteiger partial charge in [0.25, 0.3) is 0 Å². The molecule has 27 heavy (non-hydrogen) atoms. The van der Waals surface area contributed by atoms with Crippen LogP contribution in [0.2, 0.25) is 0 Å². The largest absolute Gasteiger partial charge is 0.376 e. The van der Waals surface area contributed by atoms with E-state index in [1.807, 2.05) is 0 Å². The van der Waals surface area contributed by atoms with Gasteiger partial charge >= 0.3 is 0 Å². The van der Waals surface area contributed by atoms with Crippen LogP contribution < -0.4 is 0 Å². The standard InChI is InChI=1S/C24H40F2O/c1-5-7-8-9-10-11-15-21(24(3,4)27-6-2)16-13-12-14-20-17-18-22(25)23(26)19-20/h17-19,21H,5-16H2,1-4H3. The highest BCUT2D eigenvalue weighted by atomic mass is 19.2. The van der Waals surface area contributed by atoms with E-state index < -0.39 is 11.6 Å². The van der Waals surface area contributed by atoms with Gasteiger partial charge in [-0.3, -0.25) is 0 Å². The van der Waals surface area contributed by atoms with E-state index in [-0.39, 0.29) is 5.60 Å². The second-order valence-electron chi connectivity index (χ2n) is 8.28. The molecular weight excluding hydrogens is 342 g/mol. The van der Waals surface area contributed by atoms with Gasteiger partial charge in [0.1, 0.15) is 0 Å². The van der Waals surface area contributed by atoms with Crippen LogP contribution in [0.4, 0.5) is 8.78 Å². The monoisotopic (exact) mass is 382 g/mol. The van der Waals surface area contributed by atoms with Crippen molar-refractivity contribution in [2.45, 2.75) is 104 Å². The van der Waals surface area contributed by atoms with Gasteiger partial charge in [-0.05, 0) is 70.1 Å². The molecule has 0 radical (unpaired) electrons. The summed E-state index contributed by atoms with van der Waals surface area (Å²) in [5, 5.41) is 0. The van der Waals surface area contributed by atoms with Crippen LogP contribution in [0.25, 0.3) is 0 Å². The lowest BCUT2D eigenvalue weighted by Crippen LogP contribution is -2.34. The fourth-order valence-corrected chi connectivity index (χ4v) is 3.92. The summed E-state index contributed by atoms with van der Waals surface area (Å²) in [6.07, 6.45) is 13.1. The molecular formula is C24H40F2O. The van der Waals surface area contributed by atoms with Gasteiger partial charge in [-0.2, -0.15) is 0 Å². The fraction of sp³-hybridized carbons (Fsp3) is 0.750. The minimum absolute atomic E-state index is 0.0971. The highest BCUT2D eigenvalue weighted by Gasteiger charge is 2.29. The predicted molar refractivity (Wildman–Crippen MR) is 111 cm³/mol. The maximum Gasteiger partial charge on any atom is 0.159 e. The summed E-state index contributed by atoms with van der Waals surface area (Å²) in [7, 11) is 0. The smallest absolute Gasteiger partial charge is 0.159 e. The first kappa shape index (κ1) is 24.1. The molecule has 3 heteroatoms. The Kier molecular flexibility index (Phi) is 11.8. The van der Waals surface area contributed by atoms with Crippen molar-refractivity contribution in [1.29, 1.82) is 0 Å². The maximum absolute atomic E-state index is 13.3. The van der Waals surface area contributed by atoms with Gasteiger partial charge in [0, 0.05) is 6.61 Å². The average Bonchev–Trinajstić information content (AvgIpc) is 2.62. The molecule has 0 aliphatic rings. The maximum atomic E-state index is 13.3. The number of ether oxygens (including phenoxy) is 1. The van der Waals surface area contributed by atoms with Gasteiger partial charge in [-0.15, -0.1) is 0 Å². The molecule has 0 amide bonds. The topological polar surface area (TPSA) is 9.23 Å². The molecule has 0 aliphatic carbocycles. The van der Waals surface area contributed by atoms with E-state index in [2.05, 4.69) is 27.7 Å². The van der Waals surface area contributed by atoms with Gasteiger partial charge in [0.05, 0.1) is 5.60 Å². The third-order valence-corrected chi connectivity index (χ3v) is 5.66. The molecule has 0 spiro atoms. The van der Waals surface area contributed by atoms with Crippen LogP contribution in [0.5, 0.6) is 0 Å². The van der Waals surface area contributed by atoms with E-state index in [9.17, 15) is 8.78 Å². The normalized spacial score (nSPS) is 13.1. The van der Waals surface area contributed by atoms with Gasteiger partial charge in [-0.25, -0.2) is 8.78 Å². The van der Waals surface area contributed by atoms with Crippen LogP contribution >= 0.6 is 0 Å². The number of aryl methyl sites for hydroxylation is 1. The first-order valence-electron chi connectivity index (χ1n) is 11.0. The Morgan fingerprint density at radius 3 is 2.11 bits per heavy atom. The lowest BCUT2D eigenvalue weighted by molar-refractivity contribution is -0.0605. The molecule has 0 heterocycles. The minimum atomic E-state index is -0.767. The Balaban J connectivity index is 2.41. The summed E-state index contributed by atoms with van der Waals surface area (Å²) < 4.78 is 32.4. The van der Waals surface area contributed by atoms with Crippen LogP contribution in [0.3, 0.4) is 0 Å². The molecule has 1 aromatic carbocycles. The Morgan fingerprint density at radius 2 is 1.48 bits per heavy atom. The van der Waals surface area contributed by atoms with Gasteiger partial charge < -0.3 is 4.74 Å². The third-order valence-electron chi connectivity index (χ3n) is 5.66. The predicted octanol–water partition coefficient (Wildman–Crippen LogP) is 7.86. The third kappa shape index (κ3) is 9.69. The number of benzene rings is 1. The van der Waals surface area contributed by atoms with Crippen molar-refractivity contribution in [2.75, 3.05) is 6.61 Å². The quantitative estimate of drug-likeness (QED) is 0.280. The summed E-state index contributed by atoms with van der Waals surface area (Å²) in [5.41, 5.74) is 0.783. The summed E-state index contributed by atoms with van der Waals surface area (Å²) in [6.45, 7) is 9.49. The molecule has 0 bridgehead atoms. The van der Waals surface area contributed by atoms with Crippen molar-refractivity contribution in [1.82, 2.24) is 0 Å². The molecule has 1 unspecified atom stereocenters. The molecule has 1 rings (SSSR count). The first-order chi connectivity index (χ1) is 12.9. The number of halogens is 2. The number of hydrogen-bond acceptors (Lipinski definition) is 1. The van der Waals surface area contributed by atoms with E-state index in [1.165, 1.54) is 57.1 Å². The van der Waals surface area contributed by atoms with Crippen LogP contribution in [-0.4, -0.2) is 12.2 Å². The Labute approximate surface area is 165 Å². The van der Waals surface area contributed by atoms with E-state index >= 15 is 0 Å².